The van der Waals surface area contributed by atoms with Crippen molar-refractivity contribution in [2.75, 3.05) is 25.5 Å². The molecule has 0 radical (unpaired) electrons. The van der Waals surface area contributed by atoms with Gasteiger partial charge in [0.1, 0.15) is 5.75 Å². The molecule has 1 saturated heterocycles. The molecule has 1 amide bonds. The van der Waals surface area contributed by atoms with Crippen LogP contribution in [0, 0.1) is 5.92 Å². The third kappa shape index (κ3) is 3.50. The highest BCUT2D eigenvalue weighted by atomic mass is 79.9. The molecule has 3 nitrogen and oxygen atoms in total. The van der Waals surface area contributed by atoms with Crippen LogP contribution in [0.3, 0.4) is 0 Å². The standard InChI is InChI=1S/C15H20BrNO2/c1-19-14-7-3-2-6-13(14)15(18)17-10-4-5-12(11-17)8-9-16/h2-3,6-7,12H,4-5,8-11H2,1H3. The molecule has 0 aromatic heterocycles. The Morgan fingerprint density at radius 3 is 3.00 bits per heavy atom. The minimum absolute atomic E-state index is 0.0942. The van der Waals surface area contributed by atoms with E-state index in [1.54, 1.807) is 7.11 Å². The normalized spacial score (nSPS) is 19.3. The van der Waals surface area contributed by atoms with E-state index in [2.05, 4.69) is 15.9 Å². The van der Waals surface area contributed by atoms with Gasteiger partial charge in [0.05, 0.1) is 12.7 Å². The summed E-state index contributed by atoms with van der Waals surface area (Å²) in [5.74, 6) is 1.37. The Morgan fingerprint density at radius 1 is 1.47 bits per heavy atom. The summed E-state index contributed by atoms with van der Waals surface area (Å²) in [6.07, 6.45) is 3.45. The number of hydrogen-bond acceptors (Lipinski definition) is 2. The maximum absolute atomic E-state index is 12.6. The molecule has 0 aliphatic carbocycles. The Bertz CT molecular complexity index is 434. The predicted octanol–water partition coefficient (Wildman–Crippen LogP) is 3.33. The molecule has 0 saturated carbocycles. The van der Waals surface area contributed by atoms with Gasteiger partial charge in [-0.25, -0.2) is 0 Å². The quantitative estimate of drug-likeness (QED) is 0.795. The molecule has 1 unspecified atom stereocenters. The number of nitrogens with zero attached hydrogens (tertiary/aromatic N) is 1. The summed E-state index contributed by atoms with van der Waals surface area (Å²) >= 11 is 3.49. The van der Waals surface area contributed by atoms with E-state index in [1.165, 1.54) is 6.42 Å². The molecule has 2 rings (SSSR count). The summed E-state index contributed by atoms with van der Waals surface area (Å²) in [6.45, 7) is 1.72. The van der Waals surface area contributed by atoms with E-state index in [-0.39, 0.29) is 5.91 Å². The molecule has 0 N–H and O–H groups in total. The lowest BCUT2D eigenvalue weighted by Crippen LogP contribution is -2.40. The molecule has 1 fully saturated rings. The first-order valence-corrected chi connectivity index (χ1v) is 7.86. The lowest BCUT2D eigenvalue weighted by atomic mass is 9.95. The molecule has 1 aromatic carbocycles. The number of carbonyl (C=O) groups excluding carboxylic acids is 1. The Balaban J connectivity index is 2.10. The fourth-order valence-electron chi connectivity index (χ4n) is 2.63. The number of para-hydroxylation sites is 1. The van der Waals surface area contributed by atoms with Crippen molar-refractivity contribution in [2.24, 2.45) is 5.92 Å². The molecule has 4 heteroatoms. The number of hydrogen-bond donors (Lipinski definition) is 0. The van der Waals surface area contributed by atoms with Crippen LogP contribution in [0.4, 0.5) is 0 Å². The number of piperidine rings is 1. The van der Waals surface area contributed by atoms with Crippen LogP contribution in [0.2, 0.25) is 0 Å². The van der Waals surface area contributed by atoms with Crippen LogP contribution >= 0.6 is 15.9 Å². The van der Waals surface area contributed by atoms with Crippen molar-refractivity contribution in [1.82, 2.24) is 4.90 Å². The van der Waals surface area contributed by atoms with Crippen LogP contribution < -0.4 is 4.74 Å². The topological polar surface area (TPSA) is 29.5 Å². The van der Waals surface area contributed by atoms with Gasteiger partial charge in [0.15, 0.2) is 0 Å². The van der Waals surface area contributed by atoms with Crippen LogP contribution in [0.1, 0.15) is 29.6 Å². The number of benzene rings is 1. The monoisotopic (exact) mass is 325 g/mol. The summed E-state index contributed by atoms with van der Waals surface area (Å²) in [7, 11) is 1.61. The molecule has 1 atom stereocenters. The molecule has 0 spiro atoms. The van der Waals surface area contributed by atoms with Gasteiger partial charge in [0.2, 0.25) is 0 Å². The Morgan fingerprint density at radius 2 is 2.26 bits per heavy atom. The van der Waals surface area contributed by atoms with Crippen molar-refractivity contribution < 1.29 is 9.53 Å². The number of rotatable bonds is 4. The highest BCUT2D eigenvalue weighted by Gasteiger charge is 2.25. The molecule has 1 aliphatic heterocycles. The smallest absolute Gasteiger partial charge is 0.257 e. The van der Waals surface area contributed by atoms with Gasteiger partial charge in [-0.15, -0.1) is 0 Å². The maximum atomic E-state index is 12.6. The van der Waals surface area contributed by atoms with Crippen LogP contribution in [0.15, 0.2) is 24.3 Å². The average Bonchev–Trinajstić information content (AvgIpc) is 2.47. The minimum Gasteiger partial charge on any atom is -0.496 e. The lowest BCUT2D eigenvalue weighted by Gasteiger charge is -2.33. The third-order valence-electron chi connectivity index (χ3n) is 3.66. The Hall–Kier alpha value is -1.03. The summed E-state index contributed by atoms with van der Waals surface area (Å²) in [6, 6.07) is 7.46. The fraction of sp³-hybridized carbons (Fsp3) is 0.533. The molecular weight excluding hydrogens is 306 g/mol. The maximum Gasteiger partial charge on any atom is 0.257 e. The van der Waals surface area contributed by atoms with Crippen LogP contribution in [-0.2, 0) is 0 Å². The molecule has 104 valence electrons. The van der Waals surface area contributed by atoms with E-state index in [9.17, 15) is 4.79 Å². The number of carbonyl (C=O) groups is 1. The SMILES string of the molecule is COc1ccccc1C(=O)N1CCCC(CCBr)C1. The van der Waals surface area contributed by atoms with Gasteiger partial charge in [-0.3, -0.25) is 4.79 Å². The molecule has 1 heterocycles. The highest BCUT2D eigenvalue weighted by Crippen LogP contribution is 2.25. The second kappa shape index (κ2) is 6.94. The number of methoxy groups -OCH3 is 1. The molecule has 1 aromatic rings. The van der Waals surface area contributed by atoms with Crippen molar-refractivity contribution in [3.63, 3.8) is 0 Å². The van der Waals surface area contributed by atoms with E-state index in [4.69, 9.17) is 4.74 Å². The first-order valence-electron chi connectivity index (χ1n) is 6.74. The highest BCUT2D eigenvalue weighted by molar-refractivity contribution is 9.09. The molecular formula is C15H20BrNO2. The number of halogens is 1. The Labute approximate surface area is 123 Å². The first kappa shape index (κ1) is 14.4. The summed E-state index contributed by atoms with van der Waals surface area (Å²) in [5, 5.41) is 1.01. The molecule has 1 aliphatic rings. The van der Waals surface area contributed by atoms with Gasteiger partial charge >= 0.3 is 0 Å². The Kier molecular flexibility index (Phi) is 5.25. The van der Waals surface area contributed by atoms with E-state index in [1.807, 2.05) is 29.2 Å². The van der Waals surface area contributed by atoms with E-state index < -0.39 is 0 Å². The van der Waals surface area contributed by atoms with E-state index in [0.717, 1.165) is 31.3 Å². The van der Waals surface area contributed by atoms with Crippen LogP contribution in [-0.4, -0.2) is 36.3 Å². The second-order valence-electron chi connectivity index (χ2n) is 4.94. The summed E-state index contributed by atoms with van der Waals surface area (Å²) in [5.41, 5.74) is 0.671. The number of ether oxygens (including phenoxy) is 1. The van der Waals surface area contributed by atoms with Crippen LogP contribution in [0.25, 0.3) is 0 Å². The lowest BCUT2D eigenvalue weighted by molar-refractivity contribution is 0.0668. The van der Waals surface area contributed by atoms with Gasteiger partial charge in [-0.1, -0.05) is 28.1 Å². The van der Waals surface area contributed by atoms with Crippen molar-refractivity contribution in [3.8, 4) is 5.75 Å². The number of amides is 1. The summed E-state index contributed by atoms with van der Waals surface area (Å²) < 4.78 is 5.28. The van der Waals surface area contributed by atoms with Crippen molar-refractivity contribution in [1.29, 1.82) is 0 Å². The van der Waals surface area contributed by atoms with E-state index in [0.29, 0.717) is 17.2 Å². The van der Waals surface area contributed by atoms with Gasteiger partial charge in [0.25, 0.3) is 5.91 Å². The number of likely N-dealkylation sites (tertiary alicyclic amines) is 1. The van der Waals surface area contributed by atoms with Gasteiger partial charge in [0, 0.05) is 18.4 Å². The first-order chi connectivity index (χ1) is 9.26. The second-order valence-corrected chi connectivity index (χ2v) is 5.73. The third-order valence-corrected chi connectivity index (χ3v) is 4.12. The van der Waals surface area contributed by atoms with Crippen molar-refractivity contribution >= 4 is 21.8 Å². The zero-order chi connectivity index (χ0) is 13.7. The predicted molar refractivity (Wildman–Crippen MR) is 80.0 cm³/mol. The van der Waals surface area contributed by atoms with Gasteiger partial charge in [-0.2, -0.15) is 0 Å². The van der Waals surface area contributed by atoms with Crippen molar-refractivity contribution in [2.45, 2.75) is 19.3 Å². The zero-order valence-electron chi connectivity index (χ0n) is 11.3. The minimum atomic E-state index is 0.0942. The van der Waals surface area contributed by atoms with E-state index >= 15 is 0 Å². The van der Waals surface area contributed by atoms with Crippen LogP contribution in [0.5, 0.6) is 5.75 Å². The zero-order valence-corrected chi connectivity index (χ0v) is 12.9. The van der Waals surface area contributed by atoms with Gasteiger partial charge in [-0.05, 0) is 37.3 Å². The fourth-order valence-corrected chi connectivity index (χ4v) is 3.28. The largest absolute Gasteiger partial charge is 0.496 e. The van der Waals surface area contributed by atoms with Crippen molar-refractivity contribution in [3.05, 3.63) is 29.8 Å². The number of alkyl halides is 1. The average molecular weight is 326 g/mol. The molecule has 0 bridgehead atoms. The van der Waals surface area contributed by atoms with Gasteiger partial charge < -0.3 is 9.64 Å². The summed E-state index contributed by atoms with van der Waals surface area (Å²) in [4.78, 5) is 14.5. The molecule has 19 heavy (non-hydrogen) atoms.